The molecule has 0 aliphatic heterocycles. The van der Waals surface area contributed by atoms with Crippen LogP contribution in [0.15, 0.2) is 54.6 Å². The van der Waals surface area contributed by atoms with E-state index in [2.05, 4.69) is 15.4 Å². The van der Waals surface area contributed by atoms with E-state index in [9.17, 15) is 4.79 Å². The zero-order valence-corrected chi connectivity index (χ0v) is 15.4. The first-order valence-electron chi connectivity index (χ1n) is 8.75. The molecule has 1 N–H and O–H groups in total. The Labute approximate surface area is 158 Å². The van der Waals surface area contributed by atoms with Crippen LogP contribution in [0, 0.1) is 0 Å². The van der Waals surface area contributed by atoms with Crippen molar-refractivity contribution in [1.82, 2.24) is 20.1 Å². The molecule has 1 aromatic heterocycles. The molecule has 0 radical (unpaired) electrons. The monoisotopic (exact) mass is 366 g/mol. The van der Waals surface area contributed by atoms with Gasteiger partial charge in [0.1, 0.15) is 5.75 Å². The summed E-state index contributed by atoms with van der Waals surface area (Å²) in [5, 5.41) is 7.20. The SMILES string of the molecule is CCOCCNC(=O)c1nc(-c2ccccc2)n(-c2ccc(OC)cc2)n1. The van der Waals surface area contributed by atoms with Gasteiger partial charge in [-0.3, -0.25) is 4.79 Å². The first-order valence-corrected chi connectivity index (χ1v) is 8.75. The molecule has 0 aliphatic rings. The highest BCUT2D eigenvalue weighted by molar-refractivity contribution is 5.91. The number of benzene rings is 2. The first-order chi connectivity index (χ1) is 13.2. The second-order valence-electron chi connectivity index (χ2n) is 5.69. The van der Waals surface area contributed by atoms with Gasteiger partial charge < -0.3 is 14.8 Å². The molecule has 0 atom stereocenters. The Hall–Kier alpha value is -3.19. The molecule has 3 rings (SSSR count). The molecule has 1 heterocycles. The van der Waals surface area contributed by atoms with E-state index in [1.807, 2.05) is 61.5 Å². The third-order valence-electron chi connectivity index (χ3n) is 3.90. The molecule has 7 nitrogen and oxygen atoms in total. The van der Waals surface area contributed by atoms with E-state index in [4.69, 9.17) is 9.47 Å². The van der Waals surface area contributed by atoms with Crippen molar-refractivity contribution in [3.05, 3.63) is 60.4 Å². The number of ether oxygens (including phenoxy) is 2. The topological polar surface area (TPSA) is 78.3 Å². The number of nitrogens with zero attached hydrogens (tertiary/aromatic N) is 3. The number of rotatable bonds is 8. The van der Waals surface area contributed by atoms with Crippen LogP contribution in [-0.2, 0) is 4.74 Å². The lowest BCUT2D eigenvalue weighted by atomic mass is 10.2. The maximum absolute atomic E-state index is 12.4. The molecule has 0 saturated carbocycles. The van der Waals surface area contributed by atoms with Crippen LogP contribution >= 0.6 is 0 Å². The molecule has 0 bridgehead atoms. The predicted molar refractivity (Wildman–Crippen MR) is 102 cm³/mol. The quantitative estimate of drug-likeness (QED) is 0.620. The van der Waals surface area contributed by atoms with Gasteiger partial charge in [-0.1, -0.05) is 30.3 Å². The predicted octanol–water partition coefficient (Wildman–Crippen LogP) is 2.71. The number of carbonyl (C=O) groups is 1. The Bertz CT molecular complexity index is 876. The Balaban J connectivity index is 1.92. The van der Waals surface area contributed by atoms with Crippen LogP contribution in [0.3, 0.4) is 0 Å². The summed E-state index contributed by atoms with van der Waals surface area (Å²) in [4.78, 5) is 16.9. The third-order valence-corrected chi connectivity index (χ3v) is 3.90. The summed E-state index contributed by atoms with van der Waals surface area (Å²) in [5.41, 5.74) is 1.66. The number of hydrogen-bond acceptors (Lipinski definition) is 5. The fraction of sp³-hybridized carbons (Fsp3) is 0.250. The van der Waals surface area contributed by atoms with Crippen molar-refractivity contribution >= 4 is 5.91 Å². The number of aromatic nitrogens is 3. The minimum Gasteiger partial charge on any atom is -0.497 e. The lowest BCUT2D eigenvalue weighted by Gasteiger charge is -2.07. The van der Waals surface area contributed by atoms with Gasteiger partial charge in [-0.2, -0.15) is 0 Å². The van der Waals surface area contributed by atoms with E-state index in [0.29, 0.717) is 25.6 Å². The summed E-state index contributed by atoms with van der Waals surface area (Å²) in [5.74, 6) is 1.12. The Kier molecular flexibility index (Phi) is 6.17. The summed E-state index contributed by atoms with van der Waals surface area (Å²) in [6.07, 6.45) is 0. The molecule has 0 unspecified atom stereocenters. The van der Waals surface area contributed by atoms with Gasteiger partial charge in [0.15, 0.2) is 5.82 Å². The van der Waals surface area contributed by atoms with E-state index in [0.717, 1.165) is 17.0 Å². The van der Waals surface area contributed by atoms with Crippen molar-refractivity contribution in [2.24, 2.45) is 0 Å². The van der Waals surface area contributed by atoms with Crippen LogP contribution in [0.2, 0.25) is 0 Å². The first kappa shape index (κ1) is 18.6. The Morgan fingerprint density at radius 3 is 2.52 bits per heavy atom. The smallest absolute Gasteiger partial charge is 0.291 e. The Morgan fingerprint density at radius 2 is 1.85 bits per heavy atom. The second-order valence-corrected chi connectivity index (χ2v) is 5.69. The van der Waals surface area contributed by atoms with Gasteiger partial charge in [0.25, 0.3) is 5.91 Å². The minimum atomic E-state index is -0.334. The highest BCUT2D eigenvalue weighted by Crippen LogP contribution is 2.22. The summed E-state index contributed by atoms with van der Waals surface area (Å²) in [6, 6.07) is 17.1. The van der Waals surface area contributed by atoms with Gasteiger partial charge >= 0.3 is 0 Å². The molecular formula is C20H22N4O3. The van der Waals surface area contributed by atoms with E-state index in [-0.39, 0.29) is 11.7 Å². The van der Waals surface area contributed by atoms with Gasteiger partial charge in [0.05, 0.1) is 19.4 Å². The van der Waals surface area contributed by atoms with E-state index in [1.165, 1.54) is 0 Å². The average Bonchev–Trinajstić information content (AvgIpc) is 3.17. The van der Waals surface area contributed by atoms with Crippen LogP contribution in [0.25, 0.3) is 17.1 Å². The van der Waals surface area contributed by atoms with Crippen LogP contribution in [-0.4, -0.2) is 47.5 Å². The van der Waals surface area contributed by atoms with Crippen molar-refractivity contribution in [3.63, 3.8) is 0 Å². The summed E-state index contributed by atoms with van der Waals surface area (Å²) >= 11 is 0. The van der Waals surface area contributed by atoms with Crippen LogP contribution in [0.1, 0.15) is 17.5 Å². The number of methoxy groups -OCH3 is 1. The van der Waals surface area contributed by atoms with Gasteiger partial charge in [-0.05, 0) is 31.2 Å². The van der Waals surface area contributed by atoms with E-state index < -0.39 is 0 Å². The number of nitrogens with one attached hydrogen (secondary N) is 1. The molecule has 7 heteroatoms. The lowest BCUT2D eigenvalue weighted by molar-refractivity contribution is 0.0912. The van der Waals surface area contributed by atoms with E-state index in [1.54, 1.807) is 11.8 Å². The second kappa shape index (κ2) is 8.95. The molecule has 0 fully saturated rings. The molecule has 0 saturated heterocycles. The van der Waals surface area contributed by atoms with Crippen molar-refractivity contribution in [2.75, 3.05) is 26.9 Å². The number of amides is 1. The maximum atomic E-state index is 12.4. The van der Waals surface area contributed by atoms with Gasteiger partial charge in [0, 0.05) is 18.7 Å². The molecule has 140 valence electrons. The largest absolute Gasteiger partial charge is 0.497 e. The van der Waals surface area contributed by atoms with Crippen LogP contribution in [0.5, 0.6) is 5.75 Å². The zero-order chi connectivity index (χ0) is 19.1. The van der Waals surface area contributed by atoms with Crippen molar-refractivity contribution < 1.29 is 14.3 Å². The third kappa shape index (κ3) is 4.51. The van der Waals surface area contributed by atoms with Crippen molar-refractivity contribution in [3.8, 4) is 22.8 Å². The Morgan fingerprint density at radius 1 is 1.11 bits per heavy atom. The van der Waals surface area contributed by atoms with Gasteiger partial charge in [-0.25, -0.2) is 9.67 Å². The summed E-state index contributed by atoms with van der Waals surface area (Å²) in [6.45, 7) is 3.38. The molecule has 0 spiro atoms. The standard InChI is InChI=1S/C20H22N4O3/c1-3-27-14-13-21-20(25)18-22-19(15-7-5-4-6-8-15)24(23-18)16-9-11-17(26-2)12-10-16/h4-12H,3,13-14H2,1-2H3,(H,21,25). The average molecular weight is 366 g/mol. The fourth-order valence-electron chi connectivity index (χ4n) is 2.55. The summed E-state index contributed by atoms with van der Waals surface area (Å²) in [7, 11) is 1.62. The van der Waals surface area contributed by atoms with Gasteiger partial charge in [0.2, 0.25) is 5.82 Å². The highest BCUT2D eigenvalue weighted by Gasteiger charge is 2.18. The number of carbonyl (C=O) groups excluding carboxylic acids is 1. The van der Waals surface area contributed by atoms with Crippen LogP contribution < -0.4 is 10.1 Å². The minimum absolute atomic E-state index is 0.112. The summed E-state index contributed by atoms with van der Waals surface area (Å²) < 4.78 is 12.1. The normalized spacial score (nSPS) is 10.6. The molecule has 27 heavy (non-hydrogen) atoms. The van der Waals surface area contributed by atoms with Crippen molar-refractivity contribution in [2.45, 2.75) is 6.92 Å². The number of hydrogen-bond donors (Lipinski definition) is 1. The maximum Gasteiger partial charge on any atom is 0.291 e. The zero-order valence-electron chi connectivity index (χ0n) is 15.4. The van der Waals surface area contributed by atoms with Gasteiger partial charge in [-0.15, -0.1) is 5.10 Å². The molecular weight excluding hydrogens is 344 g/mol. The van der Waals surface area contributed by atoms with Crippen molar-refractivity contribution in [1.29, 1.82) is 0 Å². The fourth-order valence-corrected chi connectivity index (χ4v) is 2.55. The molecule has 2 aromatic carbocycles. The van der Waals surface area contributed by atoms with E-state index >= 15 is 0 Å². The highest BCUT2D eigenvalue weighted by atomic mass is 16.5. The molecule has 1 amide bonds. The molecule has 3 aromatic rings. The lowest BCUT2D eigenvalue weighted by Crippen LogP contribution is -2.28. The van der Waals surface area contributed by atoms with Crippen LogP contribution in [0.4, 0.5) is 0 Å². The molecule has 0 aliphatic carbocycles.